The Balaban J connectivity index is 1.93. The zero-order valence-electron chi connectivity index (χ0n) is 11.6. The first-order chi connectivity index (χ1) is 9.77. The van der Waals surface area contributed by atoms with Crippen LogP contribution in [0, 0.1) is 0 Å². The third kappa shape index (κ3) is 1.73. The van der Waals surface area contributed by atoms with Gasteiger partial charge in [-0.3, -0.25) is 4.79 Å². The smallest absolute Gasteiger partial charge is 0.133 e. The summed E-state index contributed by atoms with van der Waals surface area (Å²) in [7, 11) is 0. The fraction of sp³-hybridized carbons (Fsp3) is 0.316. The normalized spacial score (nSPS) is 24.3. The molecule has 0 saturated heterocycles. The molecule has 1 spiro atoms. The van der Waals surface area contributed by atoms with E-state index in [1.807, 2.05) is 0 Å². The topological polar surface area (TPSA) is 17.1 Å². The number of hydrogen-bond acceptors (Lipinski definition) is 1. The average Bonchev–Trinajstić information content (AvgIpc) is 2.77. The molecule has 0 amide bonds. The Morgan fingerprint density at radius 1 is 0.800 bits per heavy atom. The number of rotatable bonds is 0. The summed E-state index contributed by atoms with van der Waals surface area (Å²) in [4.78, 5) is 12.0. The van der Waals surface area contributed by atoms with Crippen LogP contribution >= 0.6 is 0 Å². The van der Waals surface area contributed by atoms with Gasteiger partial charge in [-0.05, 0) is 41.5 Å². The van der Waals surface area contributed by atoms with Gasteiger partial charge < -0.3 is 0 Å². The second-order valence-corrected chi connectivity index (χ2v) is 6.28. The van der Waals surface area contributed by atoms with Gasteiger partial charge >= 0.3 is 0 Å². The van der Waals surface area contributed by atoms with Gasteiger partial charge in [0, 0.05) is 18.3 Å². The van der Waals surface area contributed by atoms with E-state index in [2.05, 4.69) is 48.5 Å². The van der Waals surface area contributed by atoms with Crippen LogP contribution in [0.5, 0.6) is 0 Å². The number of fused-ring (bicyclic) bond motifs is 3. The molecule has 0 unspecified atom stereocenters. The first-order valence-electron chi connectivity index (χ1n) is 7.44. The minimum Gasteiger partial charge on any atom is -0.300 e. The highest BCUT2D eigenvalue weighted by Crippen LogP contribution is 2.46. The summed E-state index contributed by atoms with van der Waals surface area (Å²) >= 11 is 0. The molecule has 1 atom stereocenters. The molecule has 2 aliphatic carbocycles. The average molecular weight is 262 g/mol. The number of carbonyl (C=O) groups is 1. The summed E-state index contributed by atoms with van der Waals surface area (Å²) in [5.74, 6) is 0.430. The van der Waals surface area contributed by atoms with Crippen LogP contribution in [0.25, 0.3) is 0 Å². The summed E-state index contributed by atoms with van der Waals surface area (Å²) in [6.45, 7) is 0. The van der Waals surface area contributed by atoms with Gasteiger partial charge in [-0.1, -0.05) is 48.5 Å². The Kier molecular flexibility index (Phi) is 2.56. The van der Waals surface area contributed by atoms with Crippen LogP contribution in [0.15, 0.2) is 48.5 Å². The van der Waals surface area contributed by atoms with Crippen LogP contribution in [-0.2, 0) is 23.1 Å². The third-order valence-corrected chi connectivity index (χ3v) is 5.03. The monoisotopic (exact) mass is 262 g/mol. The molecule has 2 aromatic carbocycles. The van der Waals surface area contributed by atoms with Crippen LogP contribution in [0.3, 0.4) is 0 Å². The predicted octanol–water partition coefficient (Wildman–Crippen LogP) is 3.82. The van der Waals surface area contributed by atoms with E-state index < -0.39 is 0 Å². The lowest BCUT2D eigenvalue weighted by molar-refractivity contribution is -0.117. The first-order valence-corrected chi connectivity index (χ1v) is 7.44. The third-order valence-electron chi connectivity index (χ3n) is 5.03. The van der Waals surface area contributed by atoms with Crippen LogP contribution in [-0.4, -0.2) is 5.78 Å². The SMILES string of the molecule is O=C1CC[C@@]2(C1)Cc1ccccc1Cc1ccccc12. The van der Waals surface area contributed by atoms with E-state index in [0.29, 0.717) is 5.78 Å². The van der Waals surface area contributed by atoms with Crippen molar-refractivity contribution in [1.82, 2.24) is 0 Å². The van der Waals surface area contributed by atoms with Crippen molar-refractivity contribution in [3.63, 3.8) is 0 Å². The van der Waals surface area contributed by atoms with Gasteiger partial charge in [-0.25, -0.2) is 0 Å². The highest BCUT2D eigenvalue weighted by Gasteiger charge is 2.42. The quantitative estimate of drug-likeness (QED) is 0.705. The minimum atomic E-state index is 0.0558. The van der Waals surface area contributed by atoms with E-state index in [1.165, 1.54) is 22.3 Å². The van der Waals surface area contributed by atoms with Crippen molar-refractivity contribution in [2.24, 2.45) is 0 Å². The highest BCUT2D eigenvalue weighted by molar-refractivity contribution is 5.83. The Morgan fingerprint density at radius 3 is 2.25 bits per heavy atom. The minimum absolute atomic E-state index is 0.0558. The van der Waals surface area contributed by atoms with Crippen LogP contribution < -0.4 is 0 Å². The number of ketones is 1. The van der Waals surface area contributed by atoms with Gasteiger partial charge in [0.05, 0.1) is 0 Å². The van der Waals surface area contributed by atoms with Crippen molar-refractivity contribution < 1.29 is 4.79 Å². The van der Waals surface area contributed by atoms with Crippen molar-refractivity contribution in [1.29, 1.82) is 0 Å². The molecule has 0 N–H and O–H groups in total. The molecule has 0 bridgehead atoms. The van der Waals surface area contributed by atoms with Gasteiger partial charge in [-0.2, -0.15) is 0 Å². The van der Waals surface area contributed by atoms with Gasteiger partial charge in [0.2, 0.25) is 0 Å². The van der Waals surface area contributed by atoms with Crippen molar-refractivity contribution in [2.45, 2.75) is 37.5 Å². The summed E-state index contributed by atoms with van der Waals surface area (Å²) < 4.78 is 0. The van der Waals surface area contributed by atoms with Crippen LogP contribution in [0.2, 0.25) is 0 Å². The number of Topliss-reactive ketones (excluding diaryl/α,β-unsaturated/α-hetero) is 1. The largest absolute Gasteiger partial charge is 0.300 e. The Morgan fingerprint density at radius 2 is 1.50 bits per heavy atom. The Hall–Kier alpha value is -1.89. The van der Waals surface area contributed by atoms with E-state index in [9.17, 15) is 4.79 Å². The molecular weight excluding hydrogens is 244 g/mol. The van der Waals surface area contributed by atoms with Crippen LogP contribution in [0.1, 0.15) is 41.5 Å². The van der Waals surface area contributed by atoms with E-state index >= 15 is 0 Å². The first kappa shape index (κ1) is 11.9. The summed E-state index contributed by atoms with van der Waals surface area (Å²) in [6, 6.07) is 17.5. The summed E-state index contributed by atoms with van der Waals surface area (Å²) in [5, 5.41) is 0. The lowest BCUT2D eigenvalue weighted by atomic mass is 9.74. The van der Waals surface area contributed by atoms with Crippen molar-refractivity contribution in [2.75, 3.05) is 0 Å². The Bertz CT molecular complexity index is 686. The van der Waals surface area contributed by atoms with Crippen molar-refractivity contribution in [3.05, 3.63) is 70.8 Å². The van der Waals surface area contributed by atoms with Gasteiger partial charge in [-0.15, -0.1) is 0 Å². The lowest BCUT2D eigenvalue weighted by Gasteiger charge is -2.29. The molecule has 0 aromatic heterocycles. The molecule has 1 saturated carbocycles. The van der Waals surface area contributed by atoms with Gasteiger partial charge in [0.1, 0.15) is 5.78 Å². The lowest BCUT2D eigenvalue weighted by Crippen LogP contribution is -2.26. The van der Waals surface area contributed by atoms with Crippen LogP contribution in [0.4, 0.5) is 0 Å². The van der Waals surface area contributed by atoms with E-state index in [4.69, 9.17) is 0 Å². The fourth-order valence-corrected chi connectivity index (χ4v) is 4.07. The zero-order valence-corrected chi connectivity index (χ0v) is 11.6. The maximum absolute atomic E-state index is 12.0. The number of benzene rings is 2. The van der Waals surface area contributed by atoms with Crippen molar-refractivity contribution in [3.8, 4) is 0 Å². The Labute approximate surface area is 119 Å². The standard InChI is InChI=1S/C19H18O/c20-17-9-10-19(13-17)12-16-7-2-1-5-14(16)11-15-6-3-4-8-18(15)19/h1-8H,9-13H2/t19-/m0/s1. The molecule has 100 valence electrons. The molecular formula is C19H18O. The van der Waals surface area contributed by atoms with E-state index in [0.717, 1.165) is 32.1 Å². The second kappa shape index (κ2) is 4.31. The molecule has 2 aromatic rings. The number of carbonyl (C=O) groups excluding carboxylic acids is 1. The van der Waals surface area contributed by atoms with E-state index in [1.54, 1.807) is 0 Å². The summed E-state index contributed by atoms with van der Waals surface area (Å²) in [6.07, 6.45) is 4.50. The predicted molar refractivity (Wildman–Crippen MR) is 79.9 cm³/mol. The van der Waals surface area contributed by atoms with Gasteiger partial charge in [0.15, 0.2) is 0 Å². The molecule has 1 fully saturated rings. The molecule has 4 rings (SSSR count). The maximum Gasteiger partial charge on any atom is 0.133 e. The molecule has 0 heterocycles. The molecule has 20 heavy (non-hydrogen) atoms. The molecule has 1 heteroatoms. The molecule has 0 aliphatic heterocycles. The zero-order chi connectivity index (χ0) is 13.6. The van der Waals surface area contributed by atoms with E-state index in [-0.39, 0.29) is 5.41 Å². The van der Waals surface area contributed by atoms with Gasteiger partial charge in [0.25, 0.3) is 0 Å². The maximum atomic E-state index is 12.0. The summed E-state index contributed by atoms with van der Waals surface area (Å²) in [5.41, 5.74) is 5.74. The molecule has 0 radical (unpaired) electrons. The molecule has 2 aliphatic rings. The highest BCUT2D eigenvalue weighted by atomic mass is 16.1. The molecule has 1 nitrogen and oxygen atoms in total. The fourth-order valence-electron chi connectivity index (χ4n) is 4.07. The second-order valence-electron chi connectivity index (χ2n) is 6.28. The number of hydrogen-bond donors (Lipinski definition) is 0. The van der Waals surface area contributed by atoms with Crippen molar-refractivity contribution >= 4 is 5.78 Å².